The Morgan fingerprint density at radius 2 is 2.14 bits per heavy atom. The summed E-state index contributed by atoms with van der Waals surface area (Å²) in [6, 6.07) is 0. The second-order valence-electron chi connectivity index (χ2n) is 4.55. The van der Waals surface area contributed by atoms with Crippen LogP contribution in [-0.4, -0.2) is 29.8 Å². The summed E-state index contributed by atoms with van der Waals surface area (Å²) in [7, 11) is 0. The first kappa shape index (κ1) is 9.87. The van der Waals surface area contributed by atoms with E-state index < -0.39 is 11.8 Å². The molecule has 0 bridgehead atoms. The van der Waals surface area contributed by atoms with Gasteiger partial charge in [0.15, 0.2) is 0 Å². The van der Waals surface area contributed by atoms with E-state index in [4.69, 9.17) is 0 Å². The minimum Gasteiger partial charge on any atom is -0.342 e. The molecular formula is C10H15F2NO. The summed E-state index contributed by atoms with van der Waals surface area (Å²) in [5.41, 5.74) is 0. The highest BCUT2D eigenvalue weighted by Gasteiger charge is 2.62. The Morgan fingerprint density at radius 3 is 2.64 bits per heavy atom. The van der Waals surface area contributed by atoms with Crippen molar-refractivity contribution in [1.29, 1.82) is 0 Å². The van der Waals surface area contributed by atoms with Crippen LogP contribution in [0.3, 0.4) is 0 Å². The molecule has 4 heteroatoms. The van der Waals surface area contributed by atoms with E-state index in [2.05, 4.69) is 6.92 Å². The zero-order chi connectivity index (χ0) is 10.3. The molecular weight excluding hydrogens is 188 g/mol. The fraction of sp³-hybridized carbons (Fsp3) is 0.900. The molecule has 0 aromatic carbocycles. The van der Waals surface area contributed by atoms with Gasteiger partial charge in [0.1, 0.15) is 5.92 Å². The molecule has 80 valence electrons. The summed E-state index contributed by atoms with van der Waals surface area (Å²) in [4.78, 5) is 13.2. The van der Waals surface area contributed by atoms with E-state index in [-0.39, 0.29) is 12.3 Å². The van der Waals surface area contributed by atoms with Gasteiger partial charge in [0.2, 0.25) is 5.91 Å². The van der Waals surface area contributed by atoms with Gasteiger partial charge in [0.05, 0.1) is 0 Å². The molecule has 0 spiro atoms. The second kappa shape index (κ2) is 3.17. The van der Waals surface area contributed by atoms with Crippen molar-refractivity contribution in [3.05, 3.63) is 0 Å². The van der Waals surface area contributed by atoms with Gasteiger partial charge in [0, 0.05) is 19.5 Å². The predicted molar refractivity (Wildman–Crippen MR) is 48.0 cm³/mol. The Kier molecular flexibility index (Phi) is 2.24. The topological polar surface area (TPSA) is 20.3 Å². The average molecular weight is 203 g/mol. The van der Waals surface area contributed by atoms with Crippen molar-refractivity contribution in [2.24, 2.45) is 11.8 Å². The summed E-state index contributed by atoms with van der Waals surface area (Å²) in [6.45, 7) is 3.38. The maximum Gasteiger partial charge on any atom is 0.260 e. The molecule has 2 rings (SSSR count). The fourth-order valence-electron chi connectivity index (χ4n) is 2.09. The molecule has 1 aliphatic heterocycles. The molecule has 1 amide bonds. The standard InChI is InChI=1S/C10H15F2NO/c1-7-3-2-4-13(6-7)9(14)8-5-10(8,11)12/h7-8H,2-6H2,1H3/t7-,8?/m1/s1. The molecule has 2 nitrogen and oxygen atoms in total. The molecule has 14 heavy (non-hydrogen) atoms. The largest absolute Gasteiger partial charge is 0.342 e. The lowest BCUT2D eigenvalue weighted by Crippen LogP contribution is -2.40. The van der Waals surface area contributed by atoms with E-state index in [1.54, 1.807) is 4.90 Å². The Morgan fingerprint density at radius 1 is 1.50 bits per heavy atom. The molecule has 0 aromatic rings. The van der Waals surface area contributed by atoms with E-state index in [0.717, 1.165) is 12.8 Å². The summed E-state index contributed by atoms with van der Waals surface area (Å²) in [6.07, 6.45) is 1.81. The van der Waals surface area contributed by atoms with Crippen molar-refractivity contribution < 1.29 is 13.6 Å². The Labute approximate surface area is 82.3 Å². The van der Waals surface area contributed by atoms with Crippen molar-refractivity contribution in [3.8, 4) is 0 Å². The molecule has 0 radical (unpaired) electrons. The van der Waals surface area contributed by atoms with Gasteiger partial charge in [-0.25, -0.2) is 8.78 Å². The number of amides is 1. The summed E-state index contributed by atoms with van der Waals surface area (Å²) in [5.74, 6) is -3.59. The number of carbonyl (C=O) groups excluding carboxylic acids is 1. The highest BCUT2D eigenvalue weighted by atomic mass is 19.3. The SMILES string of the molecule is C[C@@H]1CCCN(C(=O)C2CC2(F)F)C1. The third kappa shape index (κ3) is 1.74. The van der Waals surface area contributed by atoms with Crippen LogP contribution in [0.25, 0.3) is 0 Å². The molecule has 1 saturated heterocycles. The molecule has 2 aliphatic rings. The van der Waals surface area contributed by atoms with Gasteiger partial charge in [-0.3, -0.25) is 4.79 Å². The molecule has 1 saturated carbocycles. The maximum atomic E-state index is 12.7. The monoisotopic (exact) mass is 203 g/mol. The van der Waals surface area contributed by atoms with Gasteiger partial charge in [-0.2, -0.15) is 0 Å². The van der Waals surface area contributed by atoms with Gasteiger partial charge in [-0.1, -0.05) is 6.92 Å². The van der Waals surface area contributed by atoms with Gasteiger partial charge in [-0.15, -0.1) is 0 Å². The number of nitrogens with zero attached hydrogens (tertiary/aromatic N) is 1. The minimum absolute atomic E-state index is 0.239. The number of rotatable bonds is 1. The highest BCUT2D eigenvalue weighted by molar-refractivity contribution is 5.83. The van der Waals surface area contributed by atoms with Crippen molar-refractivity contribution in [2.75, 3.05) is 13.1 Å². The number of alkyl halides is 2. The lowest BCUT2D eigenvalue weighted by atomic mass is 10.00. The number of carbonyl (C=O) groups is 1. The van der Waals surface area contributed by atoms with Crippen LogP contribution in [0, 0.1) is 11.8 Å². The number of likely N-dealkylation sites (tertiary alicyclic amines) is 1. The van der Waals surface area contributed by atoms with Gasteiger partial charge in [-0.05, 0) is 18.8 Å². The fourth-order valence-corrected chi connectivity index (χ4v) is 2.09. The Bertz CT molecular complexity index is 255. The van der Waals surface area contributed by atoms with Crippen molar-refractivity contribution in [1.82, 2.24) is 4.90 Å². The van der Waals surface area contributed by atoms with Crippen LogP contribution in [0.15, 0.2) is 0 Å². The van der Waals surface area contributed by atoms with Gasteiger partial charge in [0.25, 0.3) is 5.92 Å². The Hall–Kier alpha value is -0.670. The van der Waals surface area contributed by atoms with E-state index >= 15 is 0 Å². The normalized spacial score (nSPS) is 35.5. The first-order valence-electron chi connectivity index (χ1n) is 5.17. The summed E-state index contributed by atoms with van der Waals surface area (Å²) >= 11 is 0. The van der Waals surface area contributed by atoms with Gasteiger partial charge < -0.3 is 4.90 Å². The smallest absolute Gasteiger partial charge is 0.260 e. The van der Waals surface area contributed by atoms with E-state index in [1.807, 2.05) is 0 Å². The van der Waals surface area contributed by atoms with E-state index in [9.17, 15) is 13.6 Å². The van der Waals surface area contributed by atoms with Crippen molar-refractivity contribution >= 4 is 5.91 Å². The number of hydrogen-bond acceptors (Lipinski definition) is 1. The van der Waals surface area contributed by atoms with Crippen LogP contribution >= 0.6 is 0 Å². The minimum atomic E-state index is -2.71. The molecule has 1 unspecified atom stereocenters. The first-order valence-corrected chi connectivity index (χ1v) is 5.17. The predicted octanol–water partition coefficient (Wildman–Crippen LogP) is 1.90. The maximum absolute atomic E-state index is 12.7. The zero-order valence-corrected chi connectivity index (χ0v) is 8.30. The van der Waals surface area contributed by atoms with Crippen molar-refractivity contribution in [3.63, 3.8) is 0 Å². The van der Waals surface area contributed by atoms with Crippen LogP contribution in [0.5, 0.6) is 0 Å². The van der Waals surface area contributed by atoms with Crippen molar-refractivity contribution in [2.45, 2.75) is 32.1 Å². The van der Waals surface area contributed by atoms with Gasteiger partial charge >= 0.3 is 0 Å². The quantitative estimate of drug-likeness (QED) is 0.637. The van der Waals surface area contributed by atoms with Crippen LogP contribution in [0.1, 0.15) is 26.2 Å². The van der Waals surface area contributed by atoms with Crippen LogP contribution in [0.4, 0.5) is 8.78 Å². The lowest BCUT2D eigenvalue weighted by Gasteiger charge is -2.31. The third-order valence-corrected chi connectivity index (χ3v) is 3.09. The first-order chi connectivity index (χ1) is 6.50. The summed E-state index contributed by atoms with van der Waals surface area (Å²) in [5, 5.41) is 0. The van der Waals surface area contributed by atoms with Crippen LogP contribution in [0.2, 0.25) is 0 Å². The number of piperidine rings is 1. The highest BCUT2D eigenvalue weighted by Crippen LogP contribution is 2.49. The number of halogens is 2. The zero-order valence-electron chi connectivity index (χ0n) is 8.30. The average Bonchev–Trinajstić information content (AvgIpc) is 2.74. The Balaban J connectivity index is 1.92. The van der Waals surface area contributed by atoms with E-state index in [1.165, 1.54) is 0 Å². The number of hydrogen-bond donors (Lipinski definition) is 0. The van der Waals surface area contributed by atoms with Crippen LogP contribution in [-0.2, 0) is 4.79 Å². The lowest BCUT2D eigenvalue weighted by molar-refractivity contribution is -0.136. The van der Waals surface area contributed by atoms with E-state index in [0.29, 0.717) is 19.0 Å². The summed E-state index contributed by atoms with van der Waals surface area (Å²) < 4.78 is 25.3. The third-order valence-electron chi connectivity index (χ3n) is 3.09. The molecule has 1 heterocycles. The van der Waals surface area contributed by atoms with Crippen LogP contribution < -0.4 is 0 Å². The molecule has 2 atom stereocenters. The molecule has 0 N–H and O–H groups in total. The molecule has 2 fully saturated rings. The molecule has 1 aliphatic carbocycles. The second-order valence-corrected chi connectivity index (χ2v) is 4.55. The molecule has 0 aromatic heterocycles.